The number of thiol groups is 2. The number of H-pyrrole nitrogens is 1. The number of aliphatic hydroxyl groups is 1. The molecule has 30 N–H and O–H groups in total. The summed E-state index contributed by atoms with van der Waals surface area (Å²) in [5.74, 6) is -13.1. The minimum absolute atomic E-state index is 0.00315. The summed E-state index contributed by atoms with van der Waals surface area (Å²) in [4.78, 5) is 175. The maximum atomic E-state index is 15.6. The summed E-state index contributed by atoms with van der Waals surface area (Å²) in [7, 11) is 0. The minimum atomic E-state index is -1.81. The van der Waals surface area contributed by atoms with Crippen LogP contribution in [0.5, 0.6) is 0 Å². The molecule has 0 unspecified atom stereocenters. The fourth-order valence-corrected chi connectivity index (χ4v) is 12.5. The van der Waals surface area contributed by atoms with Crippen molar-refractivity contribution in [2.75, 3.05) is 31.9 Å². The smallest absolute Gasteiger partial charge is 0.326 e. The third kappa shape index (κ3) is 32.1. The van der Waals surface area contributed by atoms with Gasteiger partial charge in [-0.05, 0) is 111 Å². The topological polar surface area (TPSA) is 641 Å². The Morgan fingerprint density at radius 3 is 1.24 bits per heavy atom. The van der Waals surface area contributed by atoms with Crippen molar-refractivity contribution in [3.63, 3.8) is 0 Å². The second kappa shape index (κ2) is 44.9. The molecule has 0 bridgehead atoms. The number of para-hydroxylation sites is 1. The Kier molecular flexibility index (Phi) is 37.5. The van der Waals surface area contributed by atoms with Gasteiger partial charge >= 0.3 is 5.97 Å². The molecule has 4 aromatic rings. The summed E-state index contributed by atoms with van der Waals surface area (Å²) < 4.78 is -1.51. The highest BCUT2D eigenvalue weighted by Gasteiger charge is 2.44. The van der Waals surface area contributed by atoms with Gasteiger partial charge in [-0.2, -0.15) is 25.3 Å². The predicted molar refractivity (Wildman–Crippen MR) is 438 cm³/mol. The lowest BCUT2D eigenvalue weighted by Crippen LogP contribution is -2.65. The van der Waals surface area contributed by atoms with E-state index < -0.39 is 171 Å². The van der Waals surface area contributed by atoms with Gasteiger partial charge in [0, 0.05) is 73.5 Å². The van der Waals surface area contributed by atoms with Crippen LogP contribution in [0.1, 0.15) is 132 Å². The molecule has 0 saturated carbocycles. The first-order valence-electron chi connectivity index (χ1n) is 37.2. The number of amides is 11. The van der Waals surface area contributed by atoms with Crippen molar-refractivity contribution in [3.8, 4) is 0 Å². The summed E-state index contributed by atoms with van der Waals surface area (Å²) >= 11 is 8.96. The van der Waals surface area contributed by atoms with E-state index in [9.17, 15) is 48.6 Å². The van der Waals surface area contributed by atoms with E-state index in [-0.39, 0.29) is 108 Å². The van der Waals surface area contributed by atoms with Gasteiger partial charge in [0.15, 0.2) is 23.8 Å². The highest BCUT2D eigenvalue weighted by molar-refractivity contribution is 7.81. The molecule has 12 atom stereocenters. The van der Waals surface area contributed by atoms with Crippen LogP contribution in [0, 0.1) is 32.5 Å². The Morgan fingerprint density at radius 1 is 0.447 bits per heavy atom. The van der Waals surface area contributed by atoms with Crippen molar-refractivity contribution in [1.82, 2.24) is 84.7 Å². The van der Waals surface area contributed by atoms with E-state index in [2.05, 4.69) is 97.4 Å². The molecule has 3 aromatic carbocycles. The number of aromatic nitrogens is 1. The number of hydrogen-bond acceptors (Lipinski definition) is 19. The lowest BCUT2D eigenvalue weighted by Gasteiger charge is -2.36. The number of guanidine groups is 4. The van der Waals surface area contributed by atoms with Crippen LogP contribution in [0.25, 0.3) is 21.7 Å². The lowest BCUT2D eigenvalue weighted by atomic mass is 9.85. The zero-order valence-electron chi connectivity index (χ0n) is 66.0. The lowest BCUT2D eigenvalue weighted by molar-refractivity contribution is -0.145. The van der Waals surface area contributed by atoms with Gasteiger partial charge in [-0.25, -0.2) is 4.79 Å². The average molecular weight is 1630 g/mol. The third-order valence-electron chi connectivity index (χ3n) is 18.1. The first kappa shape index (κ1) is 95.2. The average Bonchev–Trinajstić information content (AvgIpc) is 1.55. The predicted octanol–water partition coefficient (Wildman–Crippen LogP) is -2.29. The highest BCUT2D eigenvalue weighted by atomic mass is 32.1. The van der Waals surface area contributed by atoms with E-state index in [1.54, 1.807) is 96.3 Å². The van der Waals surface area contributed by atoms with Gasteiger partial charge in [0.1, 0.15) is 66.5 Å². The van der Waals surface area contributed by atoms with Crippen molar-refractivity contribution >= 4 is 142 Å². The maximum Gasteiger partial charge on any atom is 0.326 e. The number of nitrogens with two attached hydrogens (primary N) is 4. The van der Waals surface area contributed by atoms with Crippen molar-refractivity contribution in [3.05, 3.63) is 84.1 Å². The van der Waals surface area contributed by atoms with Gasteiger partial charge in [-0.3, -0.25) is 74.4 Å². The molecule has 0 fully saturated rings. The first-order valence-corrected chi connectivity index (χ1v) is 38.3. The van der Waals surface area contributed by atoms with Crippen LogP contribution in [-0.4, -0.2) is 219 Å². The number of carboxylic acid groups (broad SMARTS) is 1. The molecule has 1 aromatic heterocycles. The fourth-order valence-electron chi connectivity index (χ4n) is 12.0. The molecule has 4 rings (SSSR count). The van der Waals surface area contributed by atoms with Crippen molar-refractivity contribution < 1.29 is 67.7 Å². The number of aliphatic carboxylic acids is 1. The number of benzene rings is 3. The molecule has 628 valence electrons. The first-order chi connectivity index (χ1) is 53.3. The minimum Gasteiger partial charge on any atom is -0.480 e. The Morgan fingerprint density at radius 2 is 0.816 bits per heavy atom. The molecule has 0 saturated heterocycles. The second-order valence-electron chi connectivity index (χ2n) is 30.5. The van der Waals surface area contributed by atoms with Gasteiger partial charge in [0.05, 0.1) is 6.10 Å². The summed E-state index contributed by atoms with van der Waals surface area (Å²) in [6.45, 7) is 15.0. The molecule has 0 spiro atoms. The molecule has 1 heterocycles. The Balaban J connectivity index is 1.81. The standard InChI is InChI=1S/C74H116N24O14S2/c1-38(99)53(64(108)92-49(26-18-32-86-71(81)82)60(104)98-56(67(111)112)73(6,7)8)95-65(109)54(72(3,4)5)96-66(110)55(74(9,10)114)97-62(106)51(35-43-36-87-45-22-14-13-21-44(43)45)94-61(105)50(34-40-27-28-41-19-11-12-20-42(41)33-40)93-59(103)48(25-17-31-85-70(79)80)90-57(101)46(23-15-29-83-68(75)76)89-58(102)47(24-16-30-84-69(77)78)91-63(107)52(37-113)88-39(2)100/h11-14,19-22,27-28,33,36,38,46-56,87,99,113-114H,15-18,23-26,29-32,34-35,37H2,1-10H3,(H,88,100)(H,89,102)(H,90,101)(H,91,107)(H,92,108)(H,93,103)(H,94,105)(H,95,109)(H,96,110)(H,97,106)(H,98,104)(H,111,112)(H4,75,76,83)(H4,77,78,84)(H4,79,80,85)(H4,81,82,86)/t38-,46+,47-,48+,49+,50+,51+,52+,53+,54-,55-,56-/m1/s1. The van der Waals surface area contributed by atoms with Crippen molar-refractivity contribution in [1.29, 1.82) is 21.6 Å². The number of fused-ring (bicyclic) bond motifs is 2. The maximum absolute atomic E-state index is 15.6. The number of aliphatic hydroxyl groups excluding tert-OH is 1. The van der Waals surface area contributed by atoms with E-state index in [4.69, 9.17) is 57.2 Å². The Bertz CT molecular complexity index is 4070. The number of rotatable bonds is 45. The van der Waals surface area contributed by atoms with Crippen molar-refractivity contribution in [2.45, 2.75) is 211 Å². The summed E-state index contributed by atoms with van der Waals surface area (Å²) in [6, 6.07) is 2.96. The summed E-state index contributed by atoms with van der Waals surface area (Å²) in [6.07, 6.45) is -0.774. The van der Waals surface area contributed by atoms with Crippen LogP contribution in [-0.2, 0) is 70.4 Å². The molecule has 38 nitrogen and oxygen atoms in total. The molecule has 0 radical (unpaired) electrons. The largest absolute Gasteiger partial charge is 0.480 e. The Labute approximate surface area is 673 Å². The van der Waals surface area contributed by atoms with Gasteiger partial charge in [0.2, 0.25) is 65.0 Å². The fraction of sp³-hybridized carbons (Fsp3) is 0.541. The normalized spacial score (nSPS) is 14.7. The number of carbonyl (C=O) groups excluding carboxylic acids is 11. The molecule has 11 amide bonds. The monoisotopic (exact) mass is 1630 g/mol. The van der Waals surface area contributed by atoms with E-state index in [1.807, 2.05) is 18.2 Å². The number of carbonyl (C=O) groups is 12. The van der Waals surface area contributed by atoms with Gasteiger partial charge in [-0.15, -0.1) is 0 Å². The van der Waals surface area contributed by atoms with Gasteiger partial charge in [-0.1, -0.05) is 102 Å². The zero-order chi connectivity index (χ0) is 85.5. The Hall–Kier alpha value is -11.2. The molecule has 0 aliphatic heterocycles. The summed E-state index contributed by atoms with van der Waals surface area (Å²) in [5.41, 5.74) is 21.6. The van der Waals surface area contributed by atoms with Crippen molar-refractivity contribution in [2.24, 2.45) is 33.8 Å². The highest BCUT2D eigenvalue weighted by Crippen LogP contribution is 2.26. The van der Waals surface area contributed by atoms with Crippen LogP contribution in [0.3, 0.4) is 0 Å². The molecule has 114 heavy (non-hydrogen) atoms. The van der Waals surface area contributed by atoms with E-state index >= 15 is 19.2 Å². The van der Waals surface area contributed by atoms with Crippen LogP contribution in [0.15, 0.2) is 72.9 Å². The summed E-state index contributed by atoms with van der Waals surface area (Å²) in [5, 5.41) is 93.5. The van der Waals surface area contributed by atoms with Crippen LogP contribution in [0.2, 0.25) is 0 Å². The second-order valence-corrected chi connectivity index (χ2v) is 32.0. The molecule has 0 aliphatic rings. The van der Waals surface area contributed by atoms with Crippen LogP contribution < -0.4 is 103 Å². The number of carboxylic acids is 1. The van der Waals surface area contributed by atoms with E-state index in [1.165, 1.54) is 27.7 Å². The van der Waals surface area contributed by atoms with Gasteiger partial charge < -0.3 is 118 Å². The zero-order valence-corrected chi connectivity index (χ0v) is 67.7. The third-order valence-corrected chi connectivity index (χ3v) is 18.7. The van der Waals surface area contributed by atoms with E-state index in [0.717, 1.165) is 10.8 Å². The van der Waals surface area contributed by atoms with Crippen LogP contribution >= 0.6 is 25.3 Å². The SMILES string of the molecule is CC(=O)N[C@@H](CS)C(=O)N[C@H](CCCNC(=N)N)C(=O)N[C@@H](CCCNC(=N)N)C(=O)N[C@@H](CCCNC(=N)N)C(=O)N[C@@H](Cc1ccc2ccccc2c1)C(=O)N[C@@H](Cc1c[nH]c2ccccc12)C(=O)N[C@H](C(=O)N[C@H](C(=O)N[C@H](C(=O)N[C@@H](CCCNC(=N)N)C(=O)N[C@H](C(=O)O)C(C)(C)C)[C@@H](C)O)C(C)(C)C)C(C)(C)S. The van der Waals surface area contributed by atoms with Crippen LogP contribution in [0.4, 0.5) is 0 Å². The van der Waals surface area contributed by atoms with Gasteiger partial charge in [0.25, 0.3) is 0 Å². The number of nitrogens with one attached hydrogen (secondary N) is 20. The number of hydrogen-bond donors (Lipinski definition) is 28. The quantitative estimate of drug-likeness (QED) is 0.00958. The van der Waals surface area contributed by atoms with E-state index in [0.29, 0.717) is 22.0 Å². The molecular formula is C74H116N24O14S2. The molecule has 40 heteroatoms. The number of aromatic amines is 1. The molecule has 0 aliphatic carbocycles. The molecular weight excluding hydrogens is 1510 g/mol.